The van der Waals surface area contributed by atoms with Gasteiger partial charge in [0.05, 0.1) is 9.82 Å². The smallest absolute Gasteiger partial charge is 0.283 e. The molecule has 0 saturated heterocycles. The van der Waals surface area contributed by atoms with Crippen LogP contribution in [0.1, 0.15) is 10.4 Å². The molecule has 1 aromatic rings. The Hall–Kier alpha value is -1.82. The van der Waals surface area contributed by atoms with E-state index in [4.69, 9.17) is 0 Å². The van der Waals surface area contributed by atoms with Crippen LogP contribution in [0.25, 0.3) is 0 Å². The monoisotopic (exact) mass is 252 g/mol. The lowest BCUT2D eigenvalue weighted by molar-refractivity contribution is -0.387. The molecule has 0 spiro atoms. The zero-order valence-electron chi connectivity index (χ0n) is 9.30. The average Bonchev–Trinajstić information content (AvgIpc) is 2.34. The third kappa shape index (κ3) is 3.32. The van der Waals surface area contributed by atoms with Gasteiger partial charge in [0.15, 0.2) is 0 Å². The van der Waals surface area contributed by atoms with E-state index in [1.165, 1.54) is 17.8 Å². The van der Waals surface area contributed by atoms with Crippen molar-refractivity contribution < 1.29 is 9.72 Å². The van der Waals surface area contributed by atoms with Gasteiger partial charge >= 0.3 is 0 Å². The molecule has 0 saturated carbocycles. The van der Waals surface area contributed by atoms with Gasteiger partial charge < -0.3 is 5.32 Å². The van der Waals surface area contributed by atoms with Gasteiger partial charge in [-0.05, 0) is 18.4 Å². The number of carbonyl (C=O) groups excluding carboxylic acids is 1. The highest BCUT2D eigenvalue weighted by molar-refractivity contribution is 7.98. The van der Waals surface area contributed by atoms with E-state index in [9.17, 15) is 14.9 Å². The lowest BCUT2D eigenvalue weighted by Gasteiger charge is -2.04. The van der Waals surface area contributed by atoms with E-state index in [2.05, 4.69) is 11.9 Å². The Morgan fingerprint density at radius 3 is 2.88 bits per heavy atom. The van der Waals surface area contributed by atoms with Crippen molar-refractivity contribution >= 4 is 23.4 Å². The Balaban J connectivity index is 3.03. The van der Waals surface area contributed by atoms with E-state index in [0.29, 0.717) is 11.4 Å². The topological polar surface area (TPSA) is 72.2 Å². The number of hydrogen-bond acceptors (Lipinski definition) is 4. The normalized spacial score (nSPS) is 9.71. The first-order valence-corrected chi connectivity index (χ1v) is 6.04. The molecule has 1 aromatic carbocycles. The van der Waals surface area contributed by atoms with Crippen molar-refractivity contribution in [2.75, 3.05) is 12.8 Å². The van der Waals surface area contributed by atoms with Gasteiger partial charge in [-0.15, -0.1) is 18.3 Å². The fraction of sp³-hybridized carbons (Fsp3) is 0.182. The molecule has 0 atom stereocenters. The van der Waals surface area contributed by atoms with Crippen molar-refractivity contribution in [3.8, 4) is 0 Å². The third-order valence-corrected chi connectivity index (χ3v) is 2.83. The van der Waals surface area contributed by atoms with Crippen molar-refractivity contribution in [3.05, 3.63) is 46.5 Å². The number of rotatable bonds is 5. The van der Waals surface area contributed by atoms with Crippen molar-refractivity contribution in [2.24, 2.45) is 0 Å². The number of nitro groups is 1. The van der Waals surface area contributed by atoms with Crippen LogP contribution in [-0.2, 0) is 0 Å². The summed E-state index contributed by atoms with van der Waals surface area (Å²) in [5.41, 5.74) is 0.222. The van der Waals surface area contributed by atoms with Crippen LogP contribution in [0.3, 0.4) is 0 Å². The molecule has 0 aliphatic rings. The molecule has 1 N–H and O–H groups in total. The summed E-state index contributed by atoms with van der Waals surface area (Å²) in [4.78, 5) is 22.5. The van der Waals surface area contributed by atoms with Gasteiger partial charge in [-0.2, -0.15) is 0 Å². The maximum absolute atomic E-state index is 11.6. The Labute approximate surface area is 103 Å². The molecule has 5 nitrogen and oxygen atoms in total. The molecule has 0 heterocycles. The molecular weight excluding hydrogens is 240 g/mol. The van der Waals surface area contributed by atoms with Crippen LogP contribution in [0.4, 0.5) is 5.69 Å². The fourth-order valence-electron chi connectivity index (χ4n) is 1.24. The highest BCUT2D eigenvalue weighted by Gasteiger charge is 2.16. The van der Waals surface area contributed by atoms with Gasteiger partial charge in [0.1, 0.15) is 0 Å². The summed E-state index contributed by atoms with van der Waals surface area (Å²) in [6, 6.07) is 4.42. The van der Waals surface area contributed by atoms with Crippen LogP contribution in [0.2, 0.25) is 0 Å². The summed E-state index contributed by atoms with van der Waals surface area (Å²) in [7, 11) is 0. The number of nitrogens with one attached hydrogen (secondary N) is 1. The first-order valence-electron chi connectivity index (χ1n) is 4.81. The van der Waals surface area contributed by atoms with Gasteiger partial charge in [0, 0.05) is 18.2 Å². The second-order valence-corrected chi connectivity index (χ2v) is 3.99. The van der Waals surface area contributed by atoms with Gasteiger partial charge in [-0.3, -0.25) is 14.9 Å². The molecule has 0 aliphatic carbocycles. The summed E-state index contributed by atoms with van der Waals surface area (Å²) < 4.78 is 0. The van der Waals surface area contributed by atoms with Crippen LogP contribution in [0, 0.1) is 10.1 Å². The van der Waals surface area contributed by atoms with Gasteiger partial charge in [0.25, 0.3) is 11.6 Å². The number of thioether (sulfide) groups is 1. The minimum atomic E-state index is -0.490. The van der Waals surface area contributed by atoms with Gasteiger partial charge in [-0.1, -0.05) is 6.08 Å². The quantitative estimate of drug-likeness (QED) is 0.377. The summed E-state index contributed by atoms with van der Waals surface area (Å²) in [5, 5.41) is 13.4. The number of carbonyl (C=O) groups is 1. The second kappa shape index (κ2) is 6.05. The zero-order chi connectivity index (χ0) is 12.8. The molecule has 0 bridgehead atoms. The highest BCUT2D eigenvalue weighted by atomic mass is 32.2. The molecule has 1 rings (SSSR count). The highest BCUT2D eigenvalue weighted by Crippen LogP contribution is 2.28. The fourth-order valence-corrected chi connectivity index (χ4v) is 1.79. The number of amides is 1. The first-order chi connectivity index (χ1) is 8.10. The molecule has 17 heavy (non-hydrogen) atoms. The molecule has 0 aromatic heterocycles. The molecular formula is C11H12N2O3S. The van der Waals surface area contributed by atoms with Crippen LogP contribution in [-0.4, -0.2) is 23.6 Å². The van der Waals surface area contributed by atoms with Crippen LogP contribution in [0.5, 0.6) is 0 Å². The maximum Gasteiger partial charge on any atom is 0.283 e. The minimum absolute atomic E-state index is 0.0521. The number of hydrogen-bond donors (Lipinski definition) is 1. The third-order valence-electron chi connectivity index (χ3n) is 2.04. The number of benzene rings is 1. The Morgan fingerprint density at radius 2 is 2.35 bits per heavy atom. The predicted octanol–water partition coefficient (Wildman–Crippen LogP) is 2.23. The Bertz CT molecular complexity index is 460. The molecule has 0 aliphatic heterocycles. The van der Waals surface area contributed by atoms with E-state index in [-0.39, 0.29) is 17.2 Å². The SMILES string of the molecule is C=CCNC(=O)c1ccc(SC)c([N+](=O)[O-])c1. The van der Waals surface area contributed by atoms with E-state index in [1.807, 2.05) is 0 Å². The largest absolute Gasteiger partial charge is 0.349 e. The summed E-state index contributed by atoms with van der Waals surface area (Å²) in [6.45, 7) is 3.80. The summed E-state index contributed by atoms with van der Waals surface area (Å²) in [6.07, 6.45) is 3.29. The van der Waals surface area contributed by atoms with E-state index in [0.717, 1.165) is 0 Å². The Morgan fingerprint density at radius 1 is 1.65 bits per heavy atom. The predicted molar refractivity (Wildman–Crippen MR) is 67.4 cm³/mol. The average molecular weight is 252 g/mol. The van der Waals surface area contributed by atoms with Gasteiger partial charge in [0.2, 0.25) is 0 Å². The first kappa shape index (κ1) is 13.2. The van der Waals surface area contributed by atoms with Crippen molar-refractivity contribution in [3.63, 3.8) is 0 Å². The molecule has 0 unspecified atom stereocenters. The summed E-state index contributed by atoms with van der Waals surface area (Å²) in [5.74, 6) is -0.347. The van der Waals surface area contributed by atoms with Gasteiger partial charge in [-0.25, -0.2) is 0 Å². The second-order valence-electron chi connectivity index (χ2n) is 3.14. The molecule has 0 fully saturated rings. The van der Waals surface area contributed by atoms with E-state index >= 15 is 0 Å². The van der Waals surface area contributed by atoms with E-state index in [1.54, 1.807) is 24.5 Å². The lowest BCUT2D eigenvalue weighted by Crippen LogP contribution is -2.23. The number of nitro benzene ring substituents is 1. The van der Waals surface area contributed by atoms with Crippen LogP contribution >= 0.6 is 11.8 Å². The molecule has 90 valence electrons. The van der Waals surface area contributed by atoms with Crippen molar-refractivity contribution in [1.29, 1.82) is 0 Å². The van der Waals surface area contributed by atoms with Crippen LogP contribution in [0.15, 0.2) is 35.7 Å². The standard InChI is InChI=1S/C11H12N2O3S/c1-3-6-12-11(14)8-4-5-10(17-2)9(7-8)13(15)16/h3-5,7H,1,6H2,2H3,(H,12,14). The number of nitrogens with zero attached hydrogens (tertiary/aromatic N) is 1. The zero-order valence-corrected chi connectivity index (χ0v) is 10.1. The maximum atomic E-state index is 11.6. The van der Waals surface area contributed by atoms with Crippen molar-refractivity contribution in [1.82, 2.24) is 5.32 Å². The van der Waals surface area contributed by atoms with Crippen LogP contribution < -0.4 is 5.32 Å². The molecule has 1 amide bonds. The summed E-state index contributed by atoms with van der Waals surface area (Å²) >= 11 is 1.27. The van der Waals surface area contributed by atoms with E-state index < -0.39 is 4.92 Å². The van der Waals surface area contributed by atoms with Crippen molar-refractivity contribution in [2.45, 2.75) is 4.90 Å². The molecule has 0 radical (unpaired) electrons. The molecule has 6 heteroatoms. The Kier molecular flexibility index (Phi) is 4.71. The minimum Gasteiger partial charge on any atom is -0.349 e. The lowest BCUT2D eigenvalue weighted by atomic mass is 10.2.